The Bertz CT molecular complexity index is 1130. The third kappa shape index (κ3) is 9.07. The molecular formula is C23H34N5O9P. The number of carbonyl (C=O) groups is 1. The number of hydroxylamine groups is 2. The highest BCUT2D eigenvalue weighted by atomic mass is 31.2. The third-order valence-electron chi connectivity index (χ3n) is 5.43. The van der Waals surface area contributed by atoms with Crippen LogP contribution in [0.3, 0.4) is 0 Å². The number of pyridine rings is 1. The molecule has 2 aromatic rings. The topological polar surface area (TPSA) is 175 Å². The summed E-state index contributed by atoms with van der Waals surface area (Å²) in [5.74, 6) is 1.00. The lowest BCUT2D eigenvalue weighted by molar-refractivity contribution is -0.140. The van der Waals surface area contributed by atoms with E-state index in [9.17, 15) is 14.3 Å². The Kier molecular flexibility index (Phi) is 10.6. The summed E-state index contributed by atoms with van der Waals surface area (Å²) >= 11 is 0. The van der Waals surface area contributed by atoms with Gasteiger partial charge in [-0.1, -0.05) is 0 Å². The van der Waals surface area contributed by atoms with Crippen LogP contribution < -0.4 is 14.8 Å². The van der Waals surface area contributed by atoms with Crippen LogP contribution >= 0.6 is 7.82 Å². The number of methoxy groups -OCH3 is 1. The number of rotatable bonds is 13. The van der Waals surface area contributed by atoms with E-state index in [0.717, 1.165) is 5.69 Å². The van der Waals surface area contributed by atoms with Gasteiger partial charge < -0.3 is 29.6 Å². The minimum Gasteiger partial charge on any atom is -0.489 e. The molecule has 1 aliphatic rings. The van der Waals surface area contributed by atoms with Gasteiger partial charge in [-0.15, -0.1) is 5.06 Å². The fourth-order valence-electron chi connectivity index (χ4n) is 3.77. The first-order valence-electron chi connectivity index (χ1n) is 12.2. The zero-order valence-electron chi connectivity index (χ0n) is 21.8. The van der Waals surface area contributed by atoms with Crippen molar-refractivity contribution in [2.75, 3.05) is 32.1 Å². The number of nitrogens with zero attached hydrogens (tertiary/aromatic N) is 4. The number of nitrogens with one attached hydrogen (secondary N) is 1. The molecule has 3 rings (SSSR count). The Morgan fingerprint density at radius 2 is 2.00 bits per heavy atom. The van der Waals surface area contributed by atoms with Crippen LogP contribution in [0.15, 0.2) is 18.5 Å². The summed E-state index contributed by atoms with van der Waals surface area (Å²) in [5, 5.41) is 13.3. The first-order valence-corrected chi connectivity index (χ1v) is 13.7. The maximum atomic E-state index is 11.8. The Balaban J connectivity index is 1.58. The summed E-state index contributed by atoms with van der Waals surface area (Å²) in [6, 6.07) is 3.70. The van der Waals surface area contributed by atoms with Crippen molar-refractivity contribution < 1.29 is 42.7 Å². The number of hydrogen-bond acceptors (Lipinski definition) is 12. The maximum Gasteiger partial charge on any atom is 0.525 e. The van der Waals surface area contributed by atoms with Gasteiger partial charge in [-0.25, -0.2) is 14.3 Å². The lowest BCUT2D eigenvalue weighted by atomic mass is 10.1. The first-order chi connectivity index (χ1) is 18.1. The van der Waals surface area contributed by atoms with Gasteiger partial charge in [0.2, 0.25) is 5.75 Å². The van der Waals surface area contributed by atoms with Crippen LogP contribution in [0.5, 0.6) is 11.6 Å². The van der Waals surface area contributed by atoms with Gasteiger partial charge in [-0.05, 0) is 45.7 Å². The Morgan fingerprint density at radius 1 is 1.26 bits per heavy atom. The van der Waals surface area contributed by atoms with E-state index in [2.05, 4.69) is 25.1 Å². The van der Waals surface area contributed by atoms with Gasteiger partial charge in [-0.2, -0.15) is 4.98 Å². The molecule has 2 aromatic heterocycles. The predicted molar refractivity (Wildman–Crippen MR) is 135 cm³/mol. The molecule has 3 N–H and O–H groups in total. The molecule has 0 amide bonds. The summed E-state index contributed by atoms with van der Waals surface area (Å²) in [7, 11) is -2.56. The average molecular weight is 556 g/mol. The van der Waals surface area contributed by atoms with Gasteiger partial charge in [0.15, 0.2) is 5.82 Å². The average Bonchev–Trinajstić information content (AvgIpc) is 2.84. The Morgan fingerprint density at radius 3 is 2.63 bits per heavy atom. The zero-order valence-corrected chi connectivity index (χ0v) is 22.7. The van der Waals surface area contributed by atoms with Gasteiger partial charge in [0.05, 0.1) is 31.2 Å². The van der Waals surface area contributed by atoms with Crippen molar-refractivity contribution in [1.82, 2.24) is 20.0 Å². The molecule has 38 heavy (non-hydrogen) atoms. The molecule has 1 aliphatic heterocycles. The number of anilines is 2. The number of aromatic nitrogens is 3. The number of ether oxygens (including phenoxy) is 2. The summed E-state index contributed by atoms with van der Waals surface area (Å²) in [6.45, 7) is 6.04. The highest BCUT2D eigenvalue weighted by molar-refractivity contribution is 7.47. The quantitative estimate of drug-likeness (QED) is 0.240. The highest BCUT2D eigenvalue weighted by Crippen LogP contribution is 2.44. The summed E-state index contributed by atoms with van der Waals surface area (Å²) < 4.78 is 33.2. The van der Waals surface area contributed by atoms with E-state index in [4.69, 9.17) is 23.6 Å². The van der Waals surface area contributed by atoms with Crippen molar-refractivity contribution in [2.45, 2.75) is 58.7 Å². The lowest BCUT2D eigenvalue weighted by Gasteiger charge is -2.29. The second-order valence-corrected chi connectivity index (χ2v) is 10.2. The van der Waals surface area contributed by atoms with E-state index in [-0.39, 0.29) is 18.6 Å². The molecule has 0 saturated carbocycles. The molecule has 15 heteroatoms. The smallest absolute Gasteiger partial charge is 0.489 e. The second kappa shape index (κ2) is 13.7. The molecule has 1 atom stereocenters. The third-order valence-corrected chi connectivity index (χ3v) is 6.63. The van der Waals surface area contributed by atoms with Crippen molar-refractivity contribution >= 4 is 25.5 Å². The molecule has 0 aromatic carbocycles. The Hall–Kier alpha value is -3.03. The van der Waals surface area contributed by atoms with Crippen molar-refractivity contribution in [3.63, 3.8) is 0 Å². The van der Waals surface area contributed by atoms with Crippen molar-refractivity contribution in [1.29, 1.82) is 0 Å². The number of piperidine rings is 1. The van der Waals surface area contributed by atoms with E-state index >= 15 is 0 Å². The standard InChI is InChI=1S/C23H34N5O9P/c1-15(2)37-38(31,32)34-13-5-6-17-7-8-19(16(3)26-17)27-21-20(33-4)22(25-14-24-21)35-18-9-11-28(12-10-18)36-23(29)30/h7-8,14-15,18H,5-6,9-13H2,1-4H3,(H,29,30)(H,31,32)(H,24,25,27). The molecule has 3 heterocycles. The first kappa shape index (κ1) is 29.5. The van der Waals surface area contributed by atoms with Crippen molar-refractivity contribution in [3.8, 4) is 11.6 Å². The van der Waals surface area contributed by atoms with Crippen LogP contribution in [0.2, 0.25) is 0 Å². The van der Waals surface area contributed by atoms with Gasteiger partial charge in [-0.3, -0.25) is 14.0 Å². The summed E-state index contributed by atoms with van der Waals surface area (Å²) in [6.07, 6.45) is 1.58. The zero-order chi connectivity index (χ0) is 27.7. The number of carboxylic acid groups (broad SMARTS) is 1. The number of phosphoric acid groups is 1. The highest BCUT2D eigenvalue weighted by Gasteiger charge is 2.26. The van der Waals surface area contributed by atoms with Crippen LogP contribution in [0, 0.1) is 6.92 Å². The molecular weight excluding hydrogens is 521 g/mol. The fourth-order valence-corrected chi connectivity index (χ4v) is 4.72. The molecule has 1 saturated heterocycles. The second-order valence-electron chi connectivity index (χ2n) is 8.78. The van der Waals surface area contributed by atoms with Crippen LogP contribution in [-0.2, 0) is 24.9 Å². The van der Waals surface area contributed by atoms with Crippen LogP contribution in [0.1, 0.15) is 44.5 Å². The van der Waals surface area contributed by atoms with Gasteiger partial charge >= 0.3 is 14.0 Å². The molecule has 0 bridgehead atoms. The molecule has 1 fully saturated rings. The minimum atomic E-state index is -4.05. The fraction of sp³-hybridized carbons (Fsp3) is 0.565. The molecule has 1 unspecified atom stereocenters. The van der Waals surface area contributed by atoms with E-state index in [1.54, 1.807) is 13.8 Å². The lowest BCUT2D eigenvalue weighted by Crippen LogP contribution is -2.39. The maximum absolute atomic E-state index is 11.8. The number of hydrogen-bond donors (Lipinski definition) is 3. The molecule has 0 radical (unpaired) electrons. The number of phosphoric ester groups is 1. The van der Waals surface area contributed by atoms with Gasteiger partial charge in [0.25, 0.3) is 5.88 Å². The van der Waals surface area contributed by atoms with Gasteiger partial charge in [0, 0.05) is 31.6 Å². The monoisotopic (exact) mass is 555 g/mol. The van der Waals surface area contributed by atoms with E-state index < -0.39 is 20.1 Å². The van der Waals surface area contributed by atoms with E-state index in [0.29, 0.717) is 61.7 Å². The minimum absolute atomic E-state index is 0.0632. The van der Waals surface area contributed by atoms with Crippen LogP contribution in [0.25, 0.3) is 0 Å². The van der Waals surface area contributed by atoms with E-state index in [1.165, 1.54) is 18.5 Å². The van der Waals surface area contributed by atoms with Crippen LogP contribution in [0.4, 0.5) is 16.3 Å². The largest absolute Gasteiger partial charge is 0.525 e. The molecule has 0 spiro atoms. The summed E-state index contributed by atoms with van der Waals surface area (Å²) in [5.41, 5.74) is 2.22. The normalized spacial score (nSPS) is 16.2. The SMILES string of the molecule is COc1c(Nc2ccc(CCCOP(=O)(O)OC(C)C)nc2C)ncnc1OC1CCN(OC(=O)O)CC1. The predicted octanol–water partition coefficient (Wildman–Crippen LogP) is 3.86. The molecule has 14 nitrogen and oxygen atoms in total. The molecule has 210 valence electrons. The van der Waals surface area contributed by atoms with Crippen molar-refractivity contribution in [2.24, 2.45) is 0 Å². The van der Waals surface area contributed by atoms with Crippen molar-refractivity contribution in [3.05, 3.63) is 29.8 Å². The van der Waals surface area contributed by atoms with E-state index in [1.807, 2.05) is 19.1 Å². The van der Waals surface area contributed by atoms with Crippen LogP contribution in [-0.4, -0.2) is 75.2 Å². The number of aryl methyl sites for hydroxylation is 2. The van der Waals surface area contributed by atoms with Gasteiger partial charge in [0.1, 0.15) is 12.4 Å². The Labute approximate surface area is 220 Å². The summed E-state index contributed by atoms with van der Waals surface area (Å²) in [4.78, 5) is 38.1. The molecule has 0 aliphatic carbocycles.